The van der Waals surface area contributed by atoms with Crippen molar-refractivity contribution in [1.82, 2.24) is 9.80 Å². The molecular formula is C26H31N3O4. The van der Waals surface area contributed by atoms with Crippen LogP contribution in [0, 0.1) is 5.41 Å². The summed E-state index contributed by atoms with van der Waals surface area (Å²) in [6.45, 7) is 12.6. The van der Waals surface area contributed by atoms with Crippen LogP contribution in [0.1, 0.15) is 58.1 Å². The van der Waals surface area contributed by atoms with E-state index in [1.54, 1.807) is 15.9 Å². The predicted molar refractivity (Wildman–Crippen MR) is 124 cm³/mol. The van der Waals surface area contributed by atoms with E-state index < -0.39 is 34.4 Å². The number of benzene rings is 1. The van der Waals surface area contributed by atoms with Gasteiger partial charge in [0.25, 0.3) is 0 Å². The second kappa shape index (κ2) is 6.00. The molecule has 0 aromatic heterocycles. The van der Waals surface area contributed by atoms with Crippen molar-refractivity contribution in [3.8, 4) is 5.75 Å². The second-order valence-electron chi connectivity index (χ2n) is 11.2. The summed E-state index contributed by atoms with van der Waals surface area (Å²) in [5.41, 5.74) is -1.60. The molecule has 0 unspecified atom stereocenters. The first-order valence-corrected chi connectivity index (χ1v) is 11.8. The molecule has 5 heterocycles. The van der Waals surface area contributed by atoms with Crippen molar-refractivity contribution in [2.75, 3.05) is 11.9 Å². The smallest absolute Gasteiger partial charge is 0.248 e. The first kappa shape index (κ1) is 20.8. The van der Waals surface area contributed by atoms with Gasteiger partial charge in [0.05, 0.1) is 5.69 Å². The average Bonchev–Trinajstić information content (AvgIpc) is 3.41. The normalized spacial score (nSPS) is 35.3. The van der Waals surface area contributed by atoms with Crippen molar-refractivity contribution in [2.45, 2.75) is 75.9 Å². The van der Waals surface area contributed by atoms with Gasteiger partial charge in [-0.1, -0.05) is 26.0 Å². The van der Waals surface area contributed by atoms with Gasteiger partial charge in [0.15, 0.2) is 5.66 Å². The Labute approximate surface area is 194 Å². The standard InChI is InChI=1S/C26H31N3O4/c1-6-23(2,3)26-25(32,14-18-21(30)28-13-7-8-17(28)22(31)29(18)26)16-9-10-19-15(20(16)27-26)11-12-24(4,5)33-19/h6,9-12,17-18,27,32H,1,7-8,13-14H2,2-5H3/t17-,18+,25-,26+/m1/s1. The van der Waals surface area contributed by atoms with E-state index in [4.69, 9.17) is 4.74 Å². The summed E-state index contributed by atoms with van der Waals surface area (Å²) in [4.78, 5) is 30.8. The van der Waals surface area contributed by atoms with E-state index in [9.17, 15) is 14.7 Å². The summed E-state index contributed by atoms with van der Waals surface area (Å²) in [5.74, 6) is 0.568. The maximum Gasteiger partial charge on any atom is 0.248 e. The van der Waals surface area contributed by atoms with E-state index in [1.165, 1.54) is 0 Å². The summed E-state index contributed by atoms with van der Waals surface area (Å²) in [6, 6.07) is 2.59. The van der Waals surface area contributed by atoms with Crippen LogP contribution in [0.2, 0.25) is 0 Å². The van der Waals surface area contributed by atoms with Gasteiger partial charge in [-0.05, 0) is 44.9 Å². The molecule has 2 N–H and O–H groups in total. The van der Waals surface area contributed by atoms with E-state index in [-0.39, 0.29) is 18.2 Å². The quantitative estimate of drug-likeness (QED) is 0.679. The molecule has 0 spiro atoms. The lowest BCUT2D eigenvalue weighted by Gasteiger charge is -2.54. The molecule has 3 fully saturated rings. The van der Waals surface area contributed by atoms with E-state index in [2.05, 4.69) is 11.9 Å². The van der Waals surface area contributed by atoms with Gasteiger partial charge in [0, 0.05) is 29.5 Å². The van der Waals surface area contributed by atoms with Crippen LogP contribution in [-0.4, -0.2) is 56.6 Å². The lowest BCUT2D eigenvalue weighted by Crippen LogP contribution is -2.73. The Morgan fingerprint density at radius 2 is 2.00 bits per heavy atom. The zero-order chi connectivity index (χ0) is 23.6. The molecule has 174 valence electrons. The summed E-state index contributed by atoms with van der Waals surface area (Å²) >= 11 is 0. The largest absolute Gasteiger partial charge is 0.483 e. The number of aliphatic hydroxyl groups is 1. The van der Waals surface area contributed by atoms with Crippen molar-refractivity contribution in [2.24, 2.45) is 5.41 Å². The van der Waals surface area contributed by atoms with Crippen molar-refractivity contribution in [3.05, 3.63) is 42.0 Å². The van der Waals surface area contributed by atoms with Crippen LogP contribution in [0.5, 0.6) is 5.75 Å². The number of anilines is 1. The Bertz CT molecular complexity index is 1150. The number of carbonyl (C=O) groups excluding carboxylic acids is 2. The van der Waals surface area contributed by atoms with Gasteiger partial charge in [-0.25, -0.2) is 0 Å². The second-order valence-corrected chi connectivity index (χ2v) is 11.2. The van der Waals surface area contributed by atoms with E-state index in [0.29, 0.717) is 18.5 Å². The molecule has 33 heavy (non-hydrogen) atoms. The van der Waals surface area contributed by atoms with Crippen LogP contribution in [0.25, 0.3) is 6.08 Å². The van der Waals surface area contributed by atoms with Crippen molar-refractivity contribution in [1.29, 1.82) is 0 Å². The topological polar surface area (TPSA) is 82.1 Å². The molecular weight excluding hydrogens is 418 g/mol. The molecule has 3 saturated heterocycles. The number of hydrogen-bond donors (Lipinski definition) is 2. The van der Waals surface area contributed by atoms with Crippen LogP contribution in [-0.2, 0) is 15.2 Å². The number of rotatable bonds is 2. The van der Waals surface area contributed by atoms with Gasteiger partial charge < -0.3 is 25.0 Å². The monoisotopic (exact) mass is 449 g/mol. The molecule has 0 bridgehead atoms. The zero-order valence-electron chi connectivity index (χ0n) is 19.6. The fourth-order valence-electron chi connectivity index (χ4n) is 6.84. The molecule has 6 rings (SSSR count). The Kier molecular flexibility index (Phi) is 3.78. The van der Waals surface area contributed by atoms with Crippen LogP contribution in [0.3, 0.4) is 0 Å². The number of piperazine rings is 1. The van der Waals surface area contributed by atoms with Crippen LogP contribution in [0.15, 0.2) is 30.9 Å². The predicted octanol–water partition coefficient (Wildman–Crippen LogP) is 3.00. The van der Waals surface area contributed by atoms with Gasteiger partial charge in [-0.2, -0.15) is 0 Å². The van der Waals surface area contributed by atoms with Gasteiger partial charge in [-0.3, -0.25) is 9.59 Å². The summed E-state index contributed by atoms with van der Waals surface area (Å²) in [6.07, 6.45) is 7.42. The molecule has 2 amide bonds. The van der Waals surface area contributed by atoms with Crippen molar-refractivity contribution in [3.63, 3.8) is 0 Å². The molecule has 1 aromatic carbocycles. The molecule has 4 atom stereocenters. The highest BCUT2D eigenvalue weighted by atomic mass is 16.5. The SMILES string of the molecule is C=CC(C)(C)[C@@]12Nc3c(ccc4c3C=CC(C)(C)O4)[C@]1(O)C[C@H]1C(=O)N3CCC[C@@H]3C(=O)N12. The first-order valence-electron chi connectivity index (χ1n) is 11.8. The number of amides is 2. The zero-order valence-corrected chi connectivity index (χ0v) is 19.6. The minimum Gasteiger partial charge on any atom is -0.483 e. The van der Waals surface area contributed by atoms with Crippen LogP contribution >= 0.6 is 0 Å². The fourth-order valence-corrected chi connectivity index (χ4v) is 6.84. The van der Waals surface area contributed by atoms with E-state index in [0.717, 1.165) is 23.4 Å². The molecule has 1 aromatic rings. The maximum absolute atomic E-state index is 13.9. The highest BCUT2D eigenvalue weighted by Crippen LogP contribution is 2.65. The van der Waals surface area contributed by atoms with Crippen LogP contribution < -0.4 is 10.1 Å². The van der Waals surface area contributed by atoms with E-state index in [1.807, 2.05) is 52.0 Å². The number of nitrogens with one attached hydrogen (secondary N) is 1. The third kappa shape index (κ3) is 2.24. The Balaban J connectivity index is 1.59. The summed E-state index contributed by atoms with van der Waals surface area (Å²) < 4.78 is 6.18. The average molecular weight is 450 g/mol. The molecule has 5 aliphatic heterocycles. The molecule has 7 nitrogen and oxygen atoms in total. The number of fused-ring (bicyclic) bond motifs is 8. The first-order chi connectivity index (χ1) is 15.5. The number of hydrogen-bond acceptors (Lipinski definition) is 5. The van der Waals surface area contributed by atoms with Crippen molar-refractivity contribution < 1.29 is 19.4 Å². The third-order valence-electron chi connectivity index (χ3n) is 8.53. The number of ether oxygens (including phenoxy) is 1. The Morgan fingerprint density at radius 3 is 2.73 bits per heavy atom. The van der Waals surface area contributed by atoms with Crippen molar-refractivity contribution >= 4 is 23.6 Å². The minimum absolute atomic E-state index is 0.0644. The highest BCUT2D eigenvalue weighted by molar-refractivity contribution is 6.00. The third-order valence-corrected chi connectivity index (χ3v) is 8.53. The summed E-state index contributed by atoms with van der Waals surface area (Å²) in [5, 5.41) is 16.1. The molecule has 5 aliphatic rings. The number of carbonyl (C=O) groups is 2. The Morgan fingerprint density at radius 1 is 1.24 bits per heavy atom. The fraction of sp³-hybridized carbons (Fsp3) is 0.538. The molecule has 7 heteroatoms. The van der Waals surface area contributed by atoms with Gasteiger partial charge >= 0.3 is 0 Å². The van der Waals surface area contributed by atoms with Crippen LogP contribution in [0.4, 0.5) is 5.69 Å². The van der Waals surface area contributed by atoms with Gasteiger partial charge in [0.1, 0.15) is 29.0 Å². The maximum atomic E-state index is 13.9. The molecule has 0 saturated carbocycles. The lowest BCUT2D eigenvalue weighted by atomic mass is 9.68. The lowest BCUT2D eigenvalue weighted by molar-refractivity contribution is -0.169. The Hall–Kier alpha value is -2.80. The molecule has 0 aliphatic carbocycles. The minimum atomic E-state index is -1.47. The van der Waals surface area contributed by atoms with Gasteiger partial charge in [0.2, 0.25) is 11.8 Å². The van der Waals surface area contributed by atoms with Gasteiger partial charge in [-0.15, -0.1) is 6.58 Å². The van der Waals surface area contributed by atoms with E-state index >= 15 is 0 Å². The summed E-state index contributed by atoms with van der Waals surface area (Å²) in [7, 11) is 0. The number of nitrogens with zero attached hydrogens (tertiary/aromatic N) is 2. The molecule has 0 radical (unpaired) electrons. The highest BCUT2D eigenvalue weighted by Gasteiger charge is 2.76.